The predicted molar refractivity (Wildman–Crippen MR) is 132 cm³/mol. The number of carbonyl (C=O) groups excluding carboxylic acids is 1. The Balaban J connectivity index is 1.57. The SMILES string of the molecule is NCCC(C(=O)Nc1ccc2[nH]nc(Nc3ccc(Cl)cc3)c2c1)c1ccc(Cl)c(Cl)c1. The highest BCUT2D eigenvalue weighted by molar-refractivity contribution is 6.42. The van der Waals surface area contributed by atoms with Crippen molar-refractivity contribution in [2.75, 3.05) is 17.2 Å². The predicted octanol–water partition coefficient (Wildman–Crippen LogP) is 6.34. The molecule has 0 saturated carbocycles. The van der Waals surface area contributed by atoms with Crippen LogP contribution in [0.5, 0.6) is 0 Å². The van der Waals surface area contributed by atoms with Crippen LogP contribution >= 0.6 is 34.8 Å². The number of carbonyl (C=O) groups is 1. The van der Waals surface area contributed by atoms with Gasteiger partial charge in [-0.25, -0.2) is 0 Å². The Kier molecular flexibility index (Phi) is 6.86. The van der Waals surface area contributed by atoms with Crippen LogP contribution in [-0.4, -0.2) is 22.6 Å². The lowest BCUT2D eigenvalue weighted by Gasteiger charge is -2.17. The lowest BCUT2D eigenvalue weighted by molar-refractivity contribution is -0.117. The molecule has 1 amide bonds. The molecule has 32 heavy (non-hydrogen) atoms. The van der Waals surface area contributed by atoms with E-state index >= 15 is 0 Å². The van der Waals surface area contributed by atoms with E-state index in [1.54, 1.807) is 30.3 Å². The molecule has 3 aromatic carbocycles. The number of benzene rings is 3. The number of nitrogens with zero attached hydrogens (tertiary/aromatic N) is 1. The summed E-state index contributed by atoms with van der Waals surface area (Å²) in [6, 6.07) is 18.0. The molecule has 5 N–H and O–H groups in total. The number of amides is 1. The van der Waals surface area contributed by atoms with Gasteiger partial charge in [-0.2, -0.15) is 5.10 Å². The van der Waals surface area contributed by atoms with E-state index in [1.807, 2.05) is 30.3 Å². The Bertz CT molecular complexity index is 1260. The normalized spacial score (nSPS) is 12.0. The number of hydrogen-bond acceptors (Lipinski definition) is 4. The Labute approximate surface area is 200 Å². The molecule has 1 atom stereocenters. The molecule has 1 heterocycles. The first-order valence-corrected chi connectivity index (χ1v) is 11.0. The molecule has 0 aliphatic heterocycles. The number of H-pyrrole nitrogens is 1. The number of aromatic amines is 1. The van der Waals surface area contributed by atoms with Gasteiger partial charge in [-0.3, -0.25) is 9.89 Å². The Morgan fingerprint density at radius 2 is 1.72 bits per heavy atom. The lowest BCUT2D eigenvalue weighted by Crippen LogP contribution is -2.23. The van der Waals surface area contributed by atoms with Gasteiger partial charge in [0.25, 0.3) is 0 Å². The number of rotatable bonds is 7. The van der Waals surface area contributed by atoms with Gasteiger partial charge in [-0.15, -0.1) is 0 Å². The molecular weight excluding hydrogens is 469 g/mol. The van der Waals surface area contributed by atoms with Crippen LogP contribution in [0.2, 0.25) is 15.1 Å². The van der Waals surface area contributed by atoms with E-state index in [2.05, 4.69) is 20.8 Å². The molecule has 0 spiro atoms. The Morgan fingerprint density at radius 3 is 2.44 bits per heavy atom. The number of hydrogen-bond donors (Lipinski definition) is 4. The maximum absolute atomic E-state index is 13.1. The zero-order chi connectivity index (χ0) is 22.7. The van der Waals surface area contributed by atoms with Gasteiger partial charge in [-0.05, 0) is 73.1 Å². The molecule has 164 valence electrons. The molecular formula is C23H20Cl3N5O. The van der Waals surface area contributed by atoms with Crippen molar-refractivity contribution in [2.45, 2.75) is 12.3 Å². The van der Waals surface area contributed by atoms with Crippen molar-refractivity contribution in [1.82, 2.24) is 10.2 Å². The lowest BCUT2D eigenvalue weighted by atomic mass is 9.94. The fourth-order valence-electron chi connectivity index (χ4n) is 3.43. The monoisotopic (exact) mass is 487 g/mol. The summed E-state index contributed by atoms with van der Waals surface area (Å²) in [5, 5.41) is 15.9. The van der Waals surface area contributed by atoms with Crippen molar-refractivity contribution in [1.29, 1.82) is 0 Å². The summed E-state index contributed by atoms with van der Waals surface area (Å²) in [5.41, 5.74) is 8.85. The smallest absolute Gasteiger partial charge is 0.231 e. The Morgan fingerprint density at radius 1 is 0.969 bits per heavy atom. The van der Waals surface area contributed by atoms with Crippen molar-refractivity contribution < 1.29 is 4.79 Å². The van der Waals surface area contributed by atoms with Crippen LogP contribution in [-0.2, 0) is 4.79 Å². The molecule has 0 saturated heterocycles. The minimum Gasteiger partial charge on any atom is -0.338 e. The summed E-state index contributed by atoms with van der Waals surface area (Å²) in [6.07, 6.45) is 0.473. The molecule has 0 fully saturated rings. The van der Waals surface area contributed by atoms with Crippen molar-refractivity contribution >= 4 is 68.8 Å². The zero-order valence-corrected chi connectivity index (χ0v) is 19.1. The van der Waals surface area contributed by atoms with E-state index in [1.165, 1.54) is 0 Å². The van der Waals surface area contributed by atoms with Crippen LogP contribution in [0.4, 0.5) is 17.2 Å². The van der Waals surface area contributed by atoms with E-state index in [4.69, 9.17) is 40.5 Å². The summed E-state index contributed by atoms with van der Waals surface area (Å²) in [6.45, 7) is 0.355. The molecule has 1 unspecified atom stereocenters. The number of anilines is 3. The van der Waals surface area contributed by atoms with Gasteiger partial charge in [0, 0.05) is 21.8 Å². The number of aromatic nitrogens is 2. The molecule has 6 nitrogen and oxygen atoms in total. The van der Waals surface area contributed by atoms with Gasteiger partial charge in [-0.1, -0.05) is 40.9 Å². The highest BCUT2D eigenvalue weighted by Gasteiger charge is 2.21. The van der Waals surface area contributed by atoms with Gasteiger partial charge in [0.15, 0.2) is 5.82 Å². The standard InChI is InChI=1S/C23H20Cl3N5O/c24-14-2-4-15(5-3-14)28-22-18-12-16(6-8-21(18)30-31-22)29-23(32)17(9-10-27)13-1-7-19(25)20(26)11-13/h1-8,11-12,17H,9-10,27H2,(H,29,32)(H2,28,30,31). The molecule has 4 aromatic rings. The molecule has 9 heteroatoms. The first kappa shape index (κ1) is 22.4. The highest BCUT2D eigenvalue weighted by atomic mass is 35.5. The van der Waals surface area contributed by atoms with Crippen molar-refractivity contribution in [3.63, 3.8) is 0 Å². The van der Waals surface area contributed by atoms with Gasteiger partial charge >= 0.3 is 0 Å². The van der Waals surface area contributed by atoms with Crippen LogP contribution in [0.25, 0.3) is 10.9 Å². The number of halogens is 3. The maximum Gasteiger partial charge on any atom is 0.231 e. The second-order valence-corrected chi connectivity index (χ2v) is 8.51. The van der Waals surface area contributed by atoms with Gasteiger partial charge in [0.1, 0.15) is 0 Å². The Hall–Kier alpha value is -2.77. The number of nitrogens with one attached hydrogen (secondary N) is 3. The number of fused-ring (bicyclic) bond motifs is 1. The van der Waals surface area contributed by atoms with Crippen molar-refractivity contribution in [2.24, 2.45) is 5.73 Å². The quantitative estimate of drug-likeness (QED) is 0.244. The molecule has 0 radical (unpaired) electrons. The third-order valence-corrected chi connectivity index (χ3v) is 6.05. The fraction of sp³-hybridized carbons (Fsp3) is 0.130. The average molecular weight is 489 g/mol. The van der Waals surface area contributed by atoms with Gasteiger partial charge in [0.05, 0.1) is 21.5 Å². The van der Waals surface area contributed by atoms with Crippen LogP contribution in [0.15, 0.2) is 60.7 Å². The highest BCUT2D eigenvalue weighted by Crippen LogP contribution is 2.30. The summed E-state index contributed by atoms with van der Waals surface area (Å²) < 4.78 is 0. The molecule has 0 aliphatic carbocycles. The van der Waals surface area contributed by atoms with Crippen LogP contribution in [0.1, 0.15) is 17.9 Å². The van der Waals surface area contributed by atoms with Crippen LogP contribution in [0.3, 0.4) is 0 Å². The van der Waals surface area contributed by atoms with Crippen LogP contribution in [0, 0.1) is 0 Å². The van der Waals surface area contributed by atoms with Gasteiger partial charge < -0.3 is 16.4 Å². The van der Waals surface area contributed by atoms with Crippen molar-refractivity contribution in [3.8, 4) is 0 Å². The molecule has 0 bridgehead atoms. The fourth-order valence-corrected chi connectivity index (χ4v) is 3.86. The van der Waals surface area contributed by atoms with Gasteiger partial charge in [0.2, 0.25) is 5.91 Å². The van der Waals surface area contributed by atoms with E-state index in [-0.39, 0.29) is 5.91 Å². The first-order valence-electron chi connectivity index (χ1n) is 9.91. The summed E-state index contributed by atoms with van der Waals surface area (Å²) in [7, 11) is 0. The molecule has 1 aromatic heterocycles. The van der Waals surface area contributed by atoms with E-state index in [9.17, 15) is 4.79 Å². The summed E-state index contributed by atoms with van der Waals surface area (Å²) in [5.74, 6) is 0.00628. The average Bonchev–Trinajstić information content (AvgIpc) is 3.17. The van der Waals surface area contributed by atoms with Crippen LogP contribution < -0.4 is 16.4 Å². The topological polar surface area (TPSA) is 95.8 Å². The molecule has 0 aliphatic rings. The molecule has 4 rings (SSSR count). The third kappa shape index (κ3) is 5.00. The number of nitrogens with two attached hydrogens (primary N) is 1. The summed E-state index contributed by atoms with van der Waals surface area (Å²) >= 11 is 18.1. The second kappa shape index (κ2) is 9.79. The third-order valence-electron chi connectivity index (χ3n) is 5.06. The summed E-state index contributed by atoms with van der Waals surface area (Å²) in [4.78, 5) is 13.1. The van der Waals surface area contributed by atoms with E-state index < -0.39 is 5.92 Å². The first-order chi connectivity index (χ1) is 15.4. The maximum atomic E-state index is 13.1. The van der Waals surface area contributed by atoms with Crippen molar-refractivity contribution in [3.05, 3.63) is 81.3 Å². The van der Waals surface area contributed by atoms with E-state index in [0.29, 0.717) is 39.5 Å². The minimum absolute atomic E-state index is 0.177. The zero-order valence-electron chi connectivity index (χ0n) is 16.8. The second-order valence-electron chi connectivity index (χ2n) is 7.26. The minimum atomic E-state index is -0.457. The largest absolute Gasteiger partial charge is 0.338 e. The van der Waals surface area contributed by atoms with E-state index in [0.717, 1.165) is 22.2 Å².